The highest BCUT2D eigenvalue weighted by atomic mass is 16.5. The minimum atomic E-state index is -0.218. The zero-order chi connectivity index (χ0) is 58.3. The van der Waals surface area contributed by atoms with Crippen molar-refractivity contribution in [1.82, 2.24) is 0 Å². The molecule has 0 unspecified atom stereocenters. The quantitative estimate of drug-likeness (QED) is 0.0709. The van der Waals surface area contributed by atoms with Crippen LogP contribution in [0.25, 0.3) is 0 Å². The molecule has 0 aromatic heterocycles. The van der Waals surface area contributed by atoms with Crippen LogP contribution in [-0.2, 0) is 68.8 Å². The molecule has 3 aliphatic carbocycles. The van der Waals surface area contributed by atoms with Gasteiger partial charge in [0.25, 0.3) is 0 Å². The highest BCUT2D eigenvalue weighted by Crippen LogP contribution is 2.27. The average Bonchev–Trinajstić information content (AvgIpc) is 3.50. The third kappa shape index (κ3) is 26.6. The molecule has 0 heterocycles. The SMILES string of the molecule is Cc1ccc(Cc2ccc(C(=O)OCC3CCCCC3)cc2)cc1.O=C(OCC1CCCCC1)c1ccc(Cc2ccc(CO)cc2)cc1.O=C(OCC1CCCCC1)c1ccc(Cc2ccccc2)cc1.O=C=O.O=C=O.O=C=O. The Morgan fingerprint density at radius 3 is 0.864 bits per heavy atom. The maximum Gasteiger partial charge on any atom is 0.373 e. The third-order valence-corrected chi connectivity index (χ3v) is 14.5. The number of carbonyl (C=O) groups excluding carboxylic acids is 9. The summed E-state index contributed by atoms with van der Waals surface area (Å²) in [5.74, 6) is 1.06. The van der Waals surface area contributed by atoms with Gasteiger partial charge >= 0.3 is 36.4 Å². The Balaban J connectivity index is 0.000000243. The van der Waals surface area contributed by atoms with E-state index in [4.69, 9.17) is 48.1 Å². The first-order valence-corrected chi connectivity index (χ1v) is 28.0. The maximum atomic E-state index is 12.2. The summed E-state index contributed by atoms with van der Waals surface area (Å²) in [5, 5.41) is 9.08. The van der Waals surface area contributed by atoms with Gasteiger partial charge in [0.15, 0.2) is 0 Å². The molecule has 0 spiro atoms. The summed E-state index contributed by atoms with van der Waals surface area (Å²) in [5.41, 5.74) is 11.4. The zero-order valence-electron chi connectivity index (χ0n) is 46.6. The van der Waals surface area contributed by atoms with Crippen LogP contribution in [0.4, 0.5) is 0 Å². The number of aryl methyl sites for hydroxylation is 1. The Hall–Kier alpha value is -8.17. The number of benzene rings is 6. The standard InChI is InChI=1S/C22H26O3.C22H26O2.C21H24O2.3CO2/c23-15-19-8-6-17(7-9-19)14-18-10-12-21(13-11-18)22(24)25-16-20-4-2-1-3-5-20;1-17-7-9-18(10-8-17)15-19-11-13-21(14-12-19)22(23)24-16-20-5-3-2-4-6-20;22-21(23-16-19-9-5-2-6-10-19)20-13-11-18(12-14-20)15-17-7-3-1-4-8-17;3*2-1-3/h6-13,20,23H,1-5,14-16H2;7-14,20H,2-6,15-16H2,1H3;1,3-4,7-8,11-14,19H,2,5-6,9-10,15-16H2;;;. The number of aliphatic hydroxyl groups excluding tert-OH is 1. The fraction of sp³-hybridized carbons (Fsp3) is 0.382. The summed E-state index contributed by atoms with van der Waals surface area (Å²) in [6.07, 6.45) is 22.1. The molecule has 0 aliphatic heterocycles. The second-order valence-corrected chi connectivity index (χ2v) is 20.6. The fourth-order valence-electron chi connectivity index (χ4n) is 9.94. The minimum absolute atomic E-state index is 0.0674. The Morgan fingerprint density at radius 2 is 0.593 bits per heavy atom. The van der Waals surface area contributed by atoms with E-state index >= 15 is 0 Å². The number of rotatable bonds is 16. The lowest BCUT2D eigenvalue weighted by atomic mass is 9.90. The van der Waals surface area contributed by atoms with E-state index in [1.807, 2.05) is 115 Å². The number of hydrogen-bond donors (Lipinski definition) is 1. The van der Waals surface area contributed by atoms with E-state index in [-0.39, 0.29) is 43.0 Å². The molecule has 1 N–H and O–H groups in total. The third-order valence-electron chi connectivity index (χ3n) is 14.5. The molecule has 426 valence electrons. The second kappa shape index (κ2) is 39.2. The lowest BCUT2D eigenvalue weighted by Crippen LogP contribution is -2.16. The average molecular weight is 1100 g/mol. The molecule has 9 rings (SSSR count). The number of aliphatic hydroxyl groups is 1. The first-order valence-electron chi connectivity index (χ1n) is 28.0. The lowest BCUT2D eigenvalue weighted by Gasteiger charge is -2.21. The van der Waals surface area contributed by atoms with Crippen LogP contribution in [0.3, 0.4) is 0 Å². The summed E-state index contributed by atoms with van der Waals surface area (Å²) < 4.78 is 16.5. The highest BCUT2D eigenvalue weighted by Gasteiger charge is 2.19. The summed E-state index contributed by atoms with van der Waals surface area (Å²) in [4.78, 5) is 85.2. The molecule has 0 saturated heterocycles. The molecule has 6 aromatic rings. The number of ether oxygens (including phenoxy) is 3. The van der Waals surface area contributed by atoms with Crippen LogP contribution in [0, 0.1) is 24.7 Å². The van der Waals surface area contributed by atoms with Crippen LogP contribution in [0.1, 0.15) is 172 Å². The van der Waals surface area contributed by atoms with E-state index in [1.165, 1.54) is 130 Å². The zero-order valence-corrected chi connectivity index (χ0v) is 46.6. The predicted molar refractivity (Wildman–Crippen MR) is 303 cm³/mol. The van der Waals surface area contributed by atoms with Crippen molar-refractivity contribution >= 4 is 36.4 Å². The van der Waals surface area contributed by atoms with Crippen LogP contribution < -0.4 is 0 Å². The Kier molecular flexibility index (Phi) is 31.7. The molecule has 3 aliphatic rings. The van der Waals surface area contributed by atoms with Gasteiger partial charge < -0.3 is 19.3 Å². The van der Waals surface area contributed by atoms with Gasteiger partial charge in [0, 0.05) is 0 Å². The van der Waals surface area contributed by atoms with Crippen LogP contribution in [0.15, 0.2) is 152 Å². The monoisotopic (exact) mass is 1100 g/mol. The van der Waals surface area contributed by atoms with E-state index in [1.54, 1.807) is 0 Å². The van der Waals surface area contributed by atoms with Crippen molar-refractivity contribution in [2.75, 3.05) is 19.8 Å². The Morgan fingerprint density at radius 1 is 0.358 bits per heavy atom. The van der Waals surface area contributed by atoms with Gasteiger partial charge in [0.1, 0.15) is 0 Å². The van der Waals surface area contributed by atoms with Crippen molar-refractivity contribution in [3.05, 3.63) is 213 Å². The normalized spacial score (nSPS) is 13.8. The second-order valence-electron chi connectivity index (χ2n) is 20.6. The molecule has 6 aromatic carbocycles. The number of hydrogen-bond acceptors (Lipinski definition) is 13. The summed E-state index contributed by atoms with van der Waals surface area (Å²) in [6, 6.07) is 50.1. The minimum Gasteiger partial charge on any atom is -0.462 e. The molecular weight excluding hydrogens is 1020 g/mol. The van der Waals surface area contributed by atoms with Crippen molar-refractivity contribution in [3.8, 4) is 0 Å². The van der Waals surface area contributed by atoms with Gasteiger partial charge in [-0.05, 0) is 158 Å². The number of carbonyl (C=O) groups is 3. The van der Waals surface area contributed by atoms with Gasteiger partial charge in [-0.3, -0.25) is 0 Å². The van der Waals surface area contributed by atoms with Gasteiger partial charge in [0.05, 0.1) is 43.1 Å². The van der Waals surface area contributed by atoms with E-state index < -0.39 is 0 Å². The first kappa shape index (κ1) is 65.3. The molecule has 3 saturated carbocycles. The Labute approximate surface area is 476 Å². The molecule has 13 heteroatoms. The van der Waals surface area contributed by atoms with Crippen molar-refractivity contribution in [1.29, 1.82) is 0 Å². The van der Waals surface area contributed by atoms with E-state index in [2.05, 4.69) is 43.3 Å². The highest BCUT2D eigenvalue weighted by molar-refractivity contribution is 5.90. The van der Waals surface area contributed by atoms with Gasteiger partial charge in [-0.15, -0.1) is 0 Å². The molecule has 0 amide bonds. The Bertz CT molecular complexity index is 2780. The van der Waals surface area contributed by atoms with Crippen LogP contribution in [-0.4, -0.2) is 61.3 Å². The summed E-state index contributed by atoms with van der Waals surface area (Å²) in [6.45, 7) is 3.86. The van der Waals surface area contributed by atoms with Gasteiger partial charge in [-0.2, -0.15) is 28.8 Å². The summed E-state index contributed by atoms with van der Waals surface area (Å²) in [7, 11) is 0. The van der Waals surface area contributed by atoms with Crippen LogP contribution in [0.2, 0.25) is 0 Å². The van der Waals surface area contributed by atoms with Gasteiger partial charge in [-0.25, -0.2) is 14.4 Å². The fourth-order valence-corrected chi connectivity index (χ4v) is 9.94. The molecule has 0 radical (unpaired) electrons. The maximum absolute atomic E-state index is 12.2. The van der Waals surface area contributed by atoms with Gasteiger partial charge in [0.2, 0.25) is 0 Å². The van der Waals surface area contributed by atoms with Crippen molar-refractivity contribution in [3.63, 3.8) is 0 Å². The number of esters is 3. The van der Waals surface area contributed by atoms with E-state index in [0.717, 1.165) is 30.4 Å². The van der Waals surface area contributed by atoms with E-state index in [0.29, 0.717) is 54.3 Å². The topological polar surface area (TPSA) is 202 Å². The molecule has 0 atom stereocenters. The molecule has 81 heavy (non-hydrogen) atoms. The summed E-state index contributed by atoms with van der Waals surface area (Å²) >= 11 is 0. The predicted octanol–water partition coefficient (Wildman–Crippen LogP) is 13.1. The van der Waals surface area contributed by atoms with E-state index in [9.17, 15) is 14.4 Å². The van der Waals surface area contributed by atoms with Crippen LogP contribution >= 0.6 is 0 Å². The smallest absolute Gasteiger partial charge is 0.373 e. The largest absolute Gasteiger partial charge is 0.462 e. The van der Waals surface area contributed by atoms with Crippen molar-refractivity contribution < 1.29 is 62.5 Å². The van der Waals surface area contributed by atoms with Crippen molar-refractivity contribution in [2.24, 2.45) is 17.8 Å². The van der Waals surface area contributed by atoms with Crippen molar-refractivity contribution in [2.45, 2.75) is 129 Å². The van der Waals surface area contributed by atoms with Gasteiger partial charge in [-0.1, -0.05) is 179 Å². The molecule has 0 bridgehead atoms. The van der Waals surface area contributed by atoms with Crippen LogP contribution in [0.5, 0.6) is 0 Å². The molecule has 3 fully saturated rings. The molecule has 13 nitrogen and oxygen atoms in total. The molecular formula is C68H76O13. The first-order chi connectivity index (χ1) is 39.5. The lowest BCUT2D eigenvalue weighted by molar-refractivity contribution is -0.193.